The Morgan fingerprint density at radius 2 is 2.04 bits per heavy atom. The second kappa shape index (κ2) is 6.63. The van der Waals surface area contributed by atoms with E-state index in [2.05, 4.69) is 12.2 Å². The molecule has 1 N–H and O–H groups in total. The van der Waals surface area contributed by atoms with Gasteiger partial charge in [0.15, 0.2) is 10.8 Å². The molecule has 7 nitrogen and oxygen atoms in total. The van der Waals surface area contributed by atoms with Crippen LogP contribution in [0.3, 0.4) is 0 Å². The number of non-ortho nitro benzene ring substituents is 1. The quantitative estimate of drug-likeness (QED) is 0.470. The average Bonchev–Trinajstić information content (AvgIpc) is 2.66. The van der Waals surface area contributed by atoms with Crippen molar-refractivity contribution in [2.24, 2.45) is 5.92 Å². The Bertz CT molecular complexity index is 949. The average molecular weight is 399 g/mol. The SMILES string of the molecule is CCOc1ccc(N2C(=S)N[C@@H]3c4cc([N+](=O)[O-])ccc4O[C@]2(C)[C@@H]3C)cc1. The Morgan fingerprint density at radius 1 is 1.32 bits per heavy atom. The van der Waals surface area contributed by atoms with E-state index >= 15 is 0 Å². The highest BCUT2D eigenvalue weighted by atomic mass is 32.1. The fraction of sp³-hybridized carbons (Fsp3) is 0.350. The van der Waals surface area contributed by atoms with Crippen LogP contribution in [0.1, 0.15) is 32.4 Å². The molecule has 2 aliphatic heterocycles. The lowest BCUT2D eigenvalue weighted by molar-refractivity contribution is -0.385. The number of hydrogen-bond donors (Lipinski definition) is 1. The van der Waals surface area contributed by atoms with Crippen molar-refractivity contribution in [3.05, 3.63) is 58.1 Å². The van der Waals surface area contributed by atoms with Crippen molar-refractivity contribution < 1.29 is 14.4 Å². The Kier molecular flexibility index (Phi) is 4.38. The number of nitrogens with zero attached hydrogens (tertiary/aromatic N) is 2. The first kappa shape index (κ1) is 18.5. The number of nitro groups is 1. The molecule has 2 heterocycles. The second-order valence-corrected chi connectivity index (χ2v) is 7.50. The molecule has 2 bridgehead atoms. The highest BCUT2D eigenvalue weighted by Gasteiger charge is 2.54. The number of fused-ring (bicyclic) bond motifs is 4. The minimum Gasteiger partial charge on any atom is -0.494 e. The van der Waals surface area contributed by atoms with Gasteiger partial charge in [-0.05, 0) is 56.4 Å². The smallest absolute Gasteiger partial charge is 0.270 e. The van der Waals surface area contributed by atoms with E-state index < -0.39 is 10.6 Å². The molecule has 28 heavy (non-hydrogen) atoms. The van der Waals surface area contributed by atoms with Crippen molar-refractivity contribution in [3.63, 3.8) is 0 Å². The van der Waals surface area contributed by atoms with E-state index in [0.29, 0.717) is 17.5 Å². The van der Waals surface area contributed by atoms with Crippen molar-refractivity contribution in [2.75, 3.05) is 11.5 Å². The van der Waals surface area contributed by atoms with Crippen molar-refractivity contribution in [2.45, 2.75) is 32.5 Å². The van der Waals surface area contributed by atoms with Crippen molar-refractivity contribution >= 4 is 28.7 Å². The van der Waals surface area contributed by atoms with E-state index in [1.807, 2.05) is 43.0 Å². The lowest BCUT2D eigenvalue weighted by Crippen LogP contribution is -2.69. The van der Waals surface area contributed by atoms with Crippen LogP contribution in [0.25, 0.3) is 0 Å². The summed E-state index contributed by atoms with van der Waals surface area (Å²) < 4.78 is 11.9. The monoisotopic (exact) mass is 399 g/mol. The lowest BCUT2D eigenvalue weighted by Gasteiger charge is -2.56. The molecule has 0 amide bonds. The van der Waals surface area contributed by atoms with Gasteiger partial charge in [-0.15, -0.1) is 0 Å². The Balaban J connectivity index is 1.75. The number of nitrogens with one attached hydrogen (secondary N) is 1. The molecule has 2 aromatic rings. The highest BCUT2D eigenvalue weighted by molar-refractivity contribution is 7.80. The summed E-state index contributed by atoms with van der Waals surface area (Å²) >= 11 is 5.66. The predicted octanol–water partition coefficient (Wildman–Crippen LogP) is 4.17. The summed E-state index contributed by atoms with van der Waals surface area (Å²) in [4.78, 5) is 12.7. The molecular weight excluding hydrogens is 378 g/mol. The molecular formula is C20H21N3O4S. The van der Waals surface area contributed by atoms with E-state index in [9.17, 15) is 10.1 Å². The van der Waals surface area contributed by atoms with Crippen LogP contribution in [0.15, 0.2) is 42.5 Å². The summed E-state index contributed by atoms with van der Waals surface area (Å²) in [5.74, 6) is 1.41. The van der Waals surface area contributed by atoms with Gasteiger partial charge in [0.1, 0.15) is 11.5 Å². The minimum atomic E-state index is -0.733. The van der Waals surface area contributed by atoms with Crippen molar-refractivity contribution in [1.29, 1.82) is 0 Å². The summed E-state index contributed by atoms with van der Waals surface area (Å²) in [6.07, 6.45) is 0. The third-order valence-electron chi connectivity index (χ3n) is 5.53. The standard InChI is InChI=1S/C20H21N3O4S/c1-4-26-15-8-5-13(6-9-15)22-19(28)21-18-12(2)20(22,3)27-17-10-7-14(23(24)25)11-16(17)18/h5-12,18H,4H2,1-3H3,(H,21,28)/t12-,18+,20-/m1/s1. The van der Waals surface area contributed by atoms with Crippen molar-refractivity contribution in [1.82, 2.24) is 5.32 Å². The molecule has 146 valence electrons. The van der Waals surface area contributed by atoms with E-state index in [4.69, 9.17) is 21.7 Å². The zero-order valence-corrected chi connectivity index (χ0v) is 16.7. The second-order valence-electron chi connectivity index (χ2n) is 7.11. The number of ether oxygens (including phenoxy) is 2. The van der Waals surface area contributed by atoms with Gasteiger partial charge in [-0.1, -0.05) is 6.92 Å². The zero-order chi connectivity index (χ0) is 20.1. The zero-order valence-electron chi connectivity index (χ0n) is 15.8. The predicted molar refractivity (Wildman–Crippen MR) is 110 cm³/mol. The van der Waals surface area contributed by atoms with Crippen LogP contribution in [-0.2, 0) is 0 Å². The number of rotatable bonds is 4. The van der Waals surface area contributed by atoms with Gasteiger partial charge < -0.3 is 14.8 Å². The molecule has 1 fully saturated rings. The first-order chi connectivity index (χ1) is 13.3. The fourth-order valence-electron chi connectivity index (χ4n) is 3.96. The van der Waals surface area contributed by atoms with Crippen LogP contribution < -0.4 is 19.7 Å². The Morgan fingerprint density at radius 3 is 2.68 bits per heavy atom. The molecule has 0 spiro atoms. The Hall–Kier alpha value is -2.87. The molecule has 0 aromatic heterocycles. The third kappa shape index (κ3) is 2.75. The molecule has 0 radical (unpaired) electrons. The summed E-state index contributed by atoms with van der Waals surface area (Å²) in [5.41, 5.74) is 0.954. The number of thiocarbonyl (C=S) groups is 1. The topological polar surface area (TPSA) is 76.9 Å². The molecule has 3 atom stereocenters. The van der Waals surface area contributed by atoms with Crippen LogP contribution >= 0.6 is 12.2 Å². The molecule has 4 rings (SSSR count). The largest absolute Gasteiger partial charge is 0.494 e. The van der Waals surface area contributed by atoms with Gasteiger partial charge in [-0.25, -0.2) is 0 Å². The van der Waals surface area contributed by atoms with Gasteiger partial charge in [-0.3, -0.25) is 15.0 Å². The number of benzene rings is 2. The van der Waals surface area contributed by atoms with Crippen LogP contribution in [0.4, 0.5) is 11.4 Å². The normalized spacial score (nSPS) is 25.4. The lowest BCUT2D eigenvalue weighted by atomic mass is 9.80. The van der Waals surface area contributed by atoms with Gasteiger partial charge in [0.25, 0.3) is 5.69 Å². The van der Waals surface area contributed by atoms with Gasteiger partial charge >= 0.3 is 0 Å². The highest BCUT2D eigenvalue weighted by Crippen LogP contribution is 2.49. The Labute approximate surface area is 168 Å². The first-order valence-corrected chi connectivity index (χ1v) is 9.57. The van der Waals surface area contributed by atoms with E-state index in [0.717, 1.165) is 17.0 Å². The molecule has 2 aromatic carbocycles. The van der Waals surface area contributed by atoms with Gasteiger partial charge in [0.2, 0.25) is 0 Å². The van der Waals surface area contributed by atoms with Crippen LogP contribution in [0.5, 0.6) is 11.5 Å². The van der Waals surface area contributed by atoms with Gasteiger partial charge in [-0.2, -0.15) is 0 Å². The summed E-state index contributed by atoms with van der Waals surface area (Å²) in [7, 11) is 0. The number of hydrogen-bond acceptors (Lipinski definition) is 5. The van der Waals surface area contributed by atoms with Gasteiger partial charge in [0, 0.05) is 29.3 Å². The van der Waals surface area contributed by atoms with Gasteiger partial charge in [0.05, 0.1) is 17.6 Å². The summed E-state index contributed by atoms with van der Waals surface area (Å²) in [5, 5.41) is 15.1. The maximum atomic E-state index is 11.2. The first-order valence-electron chi connectivity index (χ1n) is 9.16. The van der Waals surface area contributed by atoms with Crippen molar-refractivity contribution in [3.8, 4) is 11.5 Å². The van der Waals surface area contributed by atoms with Crippen LogP contribution in [0, 0.1) is 16.0 Å². The van der Waals surface area contributed by atoms with Crippen LogP contribution in [0.2, 0.25) is 0 Å². The molecule has 0 aliphatic carbocycles. The molecule has 1 saturated heterocycles. The summed E-state index contributed by atoms with van der Waals surface area (Å²) in [6, 6.07) is 12.2. The van der Waals surface area contributed by atoms with Crippen LogP contribution in [-0.4, -0.2) is 22.4 Å². The summed E-state index contributed by atoms with van der Waals surface area (Å²) in [6.45, 7) is 6.60. The number of anilines is 1. The number of nitro benzene ring substituents is 1. The molecule has 0 unspecified atom stereocenters. The van der Waals surface area contributed by atoms with E-state index in [-0.39, 0.29) is 17.6 Å². The molecule has 0 saturated carbocycles. The molecule has 8 heteroatoms. The van der Waals surface area contributed by atoms with E-state index in [1.54, 1.807) is 12.1 Å². The van der Waals surface area contributed by atoms with E-state index in [1.165, 1.54) is 6.07 Å². The maximum Gasteiger partial charge on any atom is 0.270 e. The fourth-order valence-corrected chi connectivity index (χ4v) is 4.38. The third-order valence-corrected chi connectivity index (χ3v) is 5.83. The maximum absolute atomic E-state index is 11.2. The minimum absolute atomic E-state index is 0.0136. The molecule has 2 aliphatic rings.